The molecular weight excluding hydrogens is 229 g/mol. The summed E-state index contributed by atoms with van der Waals surface area (Å²) < 4.78 is 19.0. The van der Waals surface area contributed by atoms with Gasteiger partial charge < -0.3 is 10.1 Å². The van der Waals surface area contributed by atoms with Crippen molar-refractivity contribution in [3.05, 3.63) is 29.6 Å². The average molecular weight is 251 g/mol. The third-order valence-corrected chi connectivity index (χ3v) is 3.20. The summed E-state index contributed by atoms with van der Waals surface area (Å²) in [5, 5.41) is 3.29. The van der Waals surface area contributed by atoms with Crippen LogP contribution in [0, 0.1) is 11.7 Å². The zero-order valence-electron chi connectivity index (χ0n) is 11.2. The Bertz CT molecular complexity index is 388. The summed E-state index contributed by atoms with van der Waals surface area (Å²) in [6.07, 6.45) is 3.80. The highest BCUT2D eigenvalue weighted by Gasteiger charge is 2.20. The van der Waals surface area contributed by atoms with Crippen molar-refractivity contribution in [1.29, 1.82) is 0 Å². The Morgan fingerprint density at radius 2 is 2.17 bits per heavy atom. The van der Waals surface area contributed by atoms with Crippen molar-refractivity contribution in [3.63, 3.8) is 0 Å². The van der Waals surface area contributed by atoms with Crippen molar-refractivity contribution in [2.75, 3.05) is 6.61 Å². The Labute approximate surface area is 109 Å². The zero-order valence-corrected chi connectivity index (χ0v) is 11.2. The Kier molecular flexibility index (Phi) is 4.59. The minimum atomic E-state index is -0.204. The zero-order chi connectivity index (χ0) is 13.0. The molecule has 1 fully saturated rings. The first-order chi connectivity index (χ1) is 8.65. The second kappa shape index (κ2) is 6.19. The first kappa shape index (κ1) is 13.3. The lowest BCUT2D eigenvalue weighted by Gasteiger charge is -2.14. The molecule has 3 heteroatoms. The lowest BCUT2D eigenvalue weighted by Crippen LogP contribution is -2.22. The van der Waals surface area contributed by atoms with E-state index in [1.54, 1.807) is 12.1 Å². The van der Waals surface area contributed by atoms with Crippen LogP contribution >= 0.6 is 0 Å². The second-order valence-corrected chi connectivity index (χ2v) is 5.37. The van der Waals surface area contributed by atoms with E-state index in [9.17, 15) is 4.39 Å². The highest BCUT2D eigenvalue weighted by Crippen LogP contribution is 2.32. The molecule has 0 aromatic heterocycles. The van der Waals surface area contributed by atoms with E-state index in [2.05, 4.69) is 19.2 Å². The van der Waals surface area contributed by atoms with Crippen LogP contribution < -0.4 is 10.1 Å². The standard InChI is InChI=1S/C15H22FNO/c1-11(2)17-10-13-9-14(16)5-6-15(13)18-8-7-12-3-4-12/h5-6,9,11-12,17H,3-4,7-8,10H2,1-2H3. The third-order valence-electron chi connectivity index (χ3n) is 3.20. The van der Waals surface area contributed by atoms with Gasteiger partial charge in [0.15, 0.2) is 0 Å². The highest BCUT2D eigenvalue weighted by atomic mass is 19.1. The first-order valence-electron chi connectivity index (χ1n) is 6.80. The Balaban J connectivity index is 1.92. The van der Waals surface area contributed by atoms with E-state index in [1.165, 1.54) is 18.9 Å². The predicted octanol–water partition coefficient (Wildman–Crippen LogP) is 3.50. The van der Waals surface area contributed by atoms with Gasteiger partial charge in [-0.2, -0.15) is 0 Å². The minimum Gasteiger partial charge on any atom is -0.493 e. The van der Waals surface area contributed by atoms with Crippen LogP contribution in [0.2, 0.25) is 0 Å². The number of nitrogens with one attached hydrogen (secondary N) is 1. The molecule has 0 bridgehead atoms. The lowest BCUT2D eigenvalue weighted by molar-refractivity contribution is 0.298. The molecular formula is C15H22FNO. The molecule has 1 N–H and O–H groups in total. The van der Waals surface area contributed by atoms with Crippen LogP contribution in [0.25, 0.3) is 0 Å². The van der Waals surface area contributed by atoms with Gasteiger partial charge in [0.25, 0.3) is 0 Å². The van der Waals surface area contributed by atoms with E-state index >= 15 is 0 Å². The van der Waals surface area contributed by atoms with E-state index in [1.807, 2.05) is 0 Å². The number of benzene rings is 1. The molecule has 0 aliphatic heterocycles. The maximum absolute atomic E-state index is 13.2. The van der Waals surface area contributed by atoms with E-state index in [4.69, 9.17) is 4.74 Å². The van der Waals surface area contributed by atoms with Gasteiger partial charge in [-0.15, -0.1) is 0 Å². The molecule has 100 valence electrons. The Morgan fingerprint density at radius 3 is 2.83 bits per heavy atom. The number of hydrogen-bond donors (Lipinski definition) is 1. The average Bonchev–Trinajstić information content (AvgIpc) is 3.13. The molecule has 2 nitrogen and oxygen atoms in total. The van der Waals surface area contributed by atoms with Gasteiger partial charge in [-0.25, -0.2) is 4.39 Å². The molecule has 0 amide bonds. The third kappa shape index (κ3) is 4.30. The summed E-state index contributed by atoms with van der Waals surface area (Å²) in [4.78, 5) is 0. The summed E-state index contributed by atoms with van der Waals surface area (Å²) in [5.74, 6) is 1.47. The molecule has 0 atom stereocenters. The fraction of sp³-hybridized carbons (Fsp3) is 0.600. The molecule has 0 unspecified atom stereocenters. The number of hydrogen-bond acceptors (Lipinski definition) is 2. The summed E-state index contributed by atoms with van der Waals surface area (Å²) in [6.45, 7) is 5.54. The quantitative estimate of drug-likeness (QED) is 0.800. The van der Waals surface area contributed by atoms with Crippen LogP contribution in [-0.2, 0) is 6.54 Å². The molecule has 1 aliphatic carbocycles. The maximum Gasteiger partial charge on any atom is 0.123 e. The Morgan fingerprint density at radius 1 is 1.39 bits per heavy atom. The molecule has 0 heterocycles. The first-order valence-corrected chi connectivity index (χ1v) is 6.80. The summed E-state index contributed by atoms with van der Waals surface area (Å²) in [6, 6.07) is 5.14. The molecule has 2 rings (SSSR count). The van der Waals surface area contributed by atoms with Crippen LogP contribution in [0.15, 0.2) is 18.2 Å². The topological polar surface area (TPSA) is 21.3 Å². The minimum absolute atomic E-state index is 0.204. The van der Waals surface area contributed by atoms with E-state index < -0.39 is 0 Å². The van der Waals surface area contributed by atoms with Crippen molar-refractivity contribution < 1.29 is 9.13 Å². The van der Waals surface area contributed by atoms with Crippen molar-refractivity contribution in [1.82, 2.24) is 5.32 Å². The van der Waals surface area contributed by atoms with Crippen LogP contribution in [0.3, 0.4) is 0 Å². The monoisotopic (exact) mass is 251 g/mol. The van der Waals surface area contributed by atoms with Gasteiger partial charge in [-0.05, 0) is 30.5 Å². The van der Waals surface area contributed by atoms with Crippen molar-refractivity contribution >= 4 is 0 Å². The fourth-order valence-electron chi connectivity index (χ4n) is 1.88. The summed E-state index contributed by atoms with van der Waals surface area (Å²) >= 11 is 0. The molecule has 1 saturated carbocycles. The van der Waals surface area contributed by atoms with Crippen molar-refractivity contribution in [3.8, 4) is 5.75 Å². The van der Waals surface area contributed by atoms with Crippen molar-refractivity contribution in [2.24, 2.45) is 5.92 Å². The van der Waals surface area contributed by atoms with Crippen molar-refractivity contribution in [2.45, 2.75) is 45.7 Å². The van der Waals surface area contributed by atoms with Crippen LogP contribution in [0.4, 0.5) is 4.39 Å². The predicted molar refractivity (Wildman–Crippen MR) is 71.2 cm³/mol. The van der Waals surface area contributed by atoms with Gasteiger partial charge in [0, 0.05) is 18.2 Å². The van der Waals surface area contributed by atoms with Crippen LogP contribution in [0.1, 0.15) is 38.7 Å². The maximum atomic E-state index is 13.2. The molecule has 0 radical (unpaired) electrons. The molecule has 0 saturated heterocycles. The van der Waals surface area contributed by atoms with Gasteiger partial charge in [0.2, 0.25) is 0 Å². The highest BCUT2D eigenvalue weighted by molar-refractivity contribution is 5.34. The van der Waals surface area contributed by atoms with Gasteiger partial charge in [0.1, 0.15) is 11.6 Å². The second-order valence-electron chi connectivity index (χ2n) is 5.37. The van der Waals surface area contributed by atoms with Gasteiger partial charge in [0.05, 0.1) is 6.61 Å². The normalized spacial score (nSPS) is 15.1. The van der Waals surface area contributed by atoms with Crippen LogP contribution in [0.5, 0.6) is 5.75 Å². The van der Waals surface area contributed by atoms with Gasteiger partial charge in [-0.1, -0.05) is 26.7 Å². The SMILES string of the molecule is CC(C)NCc1cc(F)ccc1OCCC1CC1. The molecule has 0 spiro atoms. The molecule has 1 aromatic carbocycles. The van der Waals surface area contributed by atoms with Crippen LogP contribution in [-0.4, -0.2) is 12.6 Å². The number of ether oxygens (including phenoxy) is 1. The number of rotatable bonds is 7. The van der Waals surface area contributed by atoms with Gasteiger partial charge >= 0.3 is 0 Å². The van der Waals surface area contributed by atoms with E-state index in [-0.39, 0.29) is 5.82 Å². The smallest absolute Gasteiger partial charge is 0.123 e. The fourth-order valence-corrected chi connectivity index (χ4v) is 1.88. The Hall–Kier alpha value is -1.09. The van der Waals surface area contributed by atoms with E-state index in [0.717, 1.165) is 30.3 Å². The summed E-state index contributed by atoms with van der Waals surface area (Å²) in [5.41, 5.74) is 0.902. The van der Waals surface area contributed by atoms with E-state index in [0.29, 0.717) is 12.6 Å². The molecule has 1 aromatic rings. The van der Waals surface area contributed by atoms with Gasteiger partial charge in [-0.3, -0.25) is 0 Å². The number of halogens is 1. The lowest BCUT2D eigenvalue weighted by atomic mass is 10.2. The largest absolute Gasteiger partial charge is 0.493 e. The summed E-state index contributed by atoms with van der Waals surface area (Å²) in [7, 11) is 0. The molecule has 18 heavy (non-hydrogen) atoms. The molecule has 1 aliphatic rings.